The van der Waals surface area contributed by atoms with Gasteiger partial charge in [0, 0.05) is 6.54 Å². The van der Waals surface area contributed by atoms with Crippen molar-refractivity contribution in [2.45, 2.75) is 50.9 Å². The fraction of sp³-hybridized carbons (Fsp3) is 1.00. The van der Waals surface area contributed by atoms with Crippen LogP contribution in [0, 0.1) is 0 Å². The average molecular weight is 235 g/mol. The van der Waals surface area contributed by atoms with E-state index in [2.05, 4.69) is 12.2 Å². The summed E-state index contributed by atoms with van der Waals surface area (Å²) >= 11 is 0. The maximum absolute atomic E-state index is 9.44. The molecule has 0 aromatic rings. The van der Waals surface area contributed by atoms with Gasteiger partial charge >= 0.3 is 0 Å². The van der Waals surface area contributed by atoms with Crippen molar-refractivity contribution < 1.29 is 20.4 Å². The van der Waals surface area contributed by atoms with Gasteiger partial charge in [-0.2, -0.15) is 0 Å². The number of aliphatic hydroxyl groups excluding tert-OH is 4. The minimum atomic E-state index is -1.30. The molecule has 0 spiro atoms. The quantitative estimate of drug-likeness (QED) is 0.321. The third-order valence-electron chi connectivity index (χ3n) is 2.54. The molecular formula is C11H25NO4. The van der Waals surface area contributed by atoms with Crippen molar-refractivity contribution in [2.24, 2.45) is 0 Å². The van der Waals surface area contributed by atoms with Crippen LogP contribution in [0.2, 0.25) is 0 Å². The maximum atomic E-state index is 9.44. The molecule has 0 bridgehead atoms. The highest BCUT2D eigenvalue weighted by Gasteiger charge is 2.23. The molecule has 16 heavy (non-hydrogen) atoms. The number of aliphatic hydroxyl groups is 4. The molecule has 0 aliphatic carbocycles. The van der Waals surface area contributed by atoms with Crippen molar-refractivity contribution in [3.63, 3.8) is 0 Å². The molecule has 0 fully saturated rings. The minimum Gasteiger partial charge on any atom is -0.394 e. The summed E-state index contributed by atoms with van der Waals surface area (Å²) in [5.74, 6) is 0. The predicted molar refractivity (Wildman–Crippen MR) is 62.1 cm³/mol. The van der Waals surface area contributed by atoms with Gasteiger partial charge in [0.25, 0.3) is 0 Å². The van der Waals surface area contributed by atoms with E-state index in [0.717, 1.165) is 19.4 Å². The zero-order chi connectivity index (χ0) is 12.4. The molecule has 5 nitrogen and oxygen atoms in total. The summed E-state index contributed by atoms with van der Waals surface area (Å²) in [5.41, 5.74) is 0. The molecule has 0 aromatic carbocycles. The second-order valence-corrected chi connectivity index (χ2v) is 4.07. The Labute approximate surface area is 97.1 Å². The Hall–Kier alpha value is -0.200. The number of rotatable bonds is 10. The minimum absolute atomic E-state index is 0.227. The fourth-order valence-corrected chi connectivity index (χ4v) is 1.41. The molecule has 0 aromatic heterocycles. The molecular weight excluding hydrogens is 210 g/mol. The smallest absolute Gasteiger partial charge is 0.109 e. The van der Waals surface area contributed by atoms with E-state index < -0.39 is 24.9 Å². The molecule has 0 rings (SSSR count). The molecule has 5 N–H and O–H groups in total. The Morgan fingerprint density at radius 2 is 1.69 bits per heavy atom. The van der Waals surface area contributed by atoms with Crippen LogP contribution in [0.15, 0.2) is 0 Å². The number of hydrogen-bond donors (Lipinski definition) is 5. The summed E-state index contributed by atoms with van der Waals surface area (Å²) in [6.07, 6.45) is 0.958. The van der Waals surface area contributed by atoms with Crippen LogP contribution < -0.4 is 5.32 Å². The van der Waals surface area contributed by atoms with Gasteiger partial charge < -0.3 is 25.7 Å². The van der Waals surface area contributed by atoms with Crippen LogP contribution in [-0.2, 0) is 0 Å². The third kappa shape index (κ3) is 7.14. The summed E-state index contributed by atoms with van der Waals surface area (Å²) in [6, 6.07) is 0. The van der Waals surface area contributed by atoms with Crippen molar-refractivity contribution in [1.82, 2.24) is 5.32 Å². The first kappa shape index (κ1) is 15.8. The zero-order valence-corrected chi connectivity index (χ0v) is 9.97. The Morgan fingerprint density at radius 3 is 2.25 bits per heavy atom. The molecule has 3 unspecified atom stereocenters. The highest BCUT2D eigenvalue weighted by Crippen LogP contribution is 2.00. The third-order valence-corrected chi connectivity index (χ3v) is 2.54. The highest BCUT2D eigenvalue weighted by molar-refractivity contribution is 4.76. The van der Waals surface area contributed by atoms with Crippen molar-refractivity contribution in [1.29, 1.82) is 0 Å². The Bertz CT molecular complexity index is 157. The SMILES string of the molecule is CCCCCCNCC(O)C(O)C(O)CO. The lowest BCUT2D eigenvalue weighted by Gasteiger charge is -2.21. The molecule has 0 amide bonds. The van der Waals surface area contributed by atoms with Gasteiger partial charge in [-0.15, -0.1) is 0 Å². The van der Waals surface area contributed by atoms with E-state index >= 15 is 0 Å². The lowest BCUT2D eigenvalue weighted by Crippen LogP contribution is -2.44. The molecule has 3 atom stereocenters. The first-order valence-corrected chi connectivity index (χ1v) is 5.99. The van der Waals surface area contributed by atoms with Crippen LogP contribution in [0.5, 0.6) is 0 Å². The van der Waals surface area contributed by atoms with E-state index in [1.807, 2.05) is 0 Å². The topological polar surface area (TPSA) is 93.0 Å². The number of hydrogen-bond acceptors (Lipinski definition) is 5. The van der Waals surface area contributed by atoms with Crippen molar-refractivity contribution in [3.05, 3.63) is 0 Å². The Kier molecular flexibility index (Phi) is 9.86. The molecule has 0 saturated heterocycles. The van der Waals surface area contributed by atoms with Gasteiger partial charge in [0.2, 0.25) is 0 Å². The van der Waals surface area contributed by atoms with Gasteiger partial charge in [0.1, 0.15) is 12.2 Å². The number of unbranched alkanes of at least 4 members (excludes halogenated alkanes) is 3. The largest absolute Gasteiger partial charge is 0.394 e. The standard InChI is InChI=1S/C11H25NO4/c1-2-3-4-5-6-12-7-9(14)11(16)10(15)8-13/h9-16H,2-8H2,1H3. The summed E-state index contributed by atoms with van der Waals surface area (Å²) in [5, 5.41) is 39.4. The van der Waals surface area contributed by atoms with E-state index in [9.17, 15) is 10.2 Å². The maximum Gasteiger partial charge on any atom is 0.109 e. The molecule has 98 valence electrons. The lowest BCUT2D eigenvalue weighted by atomic mass is 10.1. The van der Waals surface area contributed by atoms with Crippen LogP contribution >= 0.6 is 0 Å². The van der Waals surface area contributed by atoms with Gasteiger partial charge in [-0.25, -0.2) is 0 Å². The van der Waals surface area contributed by atoms with Crippen LogP contribution in [-0.4, -0.2) is 58.4 Å². The molecule has 0 radical (unpaired) electrons. The number of nitrogens with one attached hydrogen (secondary N) is 1. The summed E-state index contributed by atoms with van der Waals surface area (Å²) in [6.45, 7) is 2.61. The first-order chi connectivity index (χ1) is 7.63. The van der Waals surface area contributed by atoms with E-state index in [1.165, 1.54) is 12.8 Å². The van der Waals surface area contributed by atoms with E-state index in [-0.39, 0.29) is 6.54 Å². The Morgan fingerprint density at radius 1 is 1.00 bits per heavy atom. The van der Waals surface area contributed by atoms with Crippen molar-refractivity contribution in [2.75, 3.05) is 19.7 Å². The Balaban J connectivity index is 3.45. The molecule has 0 aliphatic heterocycles. The van der Waals surface area contributed by atoms with Gasteiger partial charge in [-0.05, 0) is 13.0 Å². The van der Waals surface area contributed by atoms with Crippen molar-refractivity contribution in [3.8, 4) is 0 Å². The van der Waals surface area contributed by atoms with Crippen LogP contribution in [0.3, 0.4) is 0 Å². The molecule has 5 heteroatoms. The van der Waals surface area contributed by atoms with Crippen LogP contribution in [0.25, 0.3) is 0 Å². The zero-order valence-electron chi connectivity index (χ0n) is 9.97. The van der Waals surface area contributed by atoms with Gasteiger partial charge in [0.15, 0.2) is 0 Å². The van der Waals surface area contributed by atoms with Crippen molar-refractivity contribution >= 4 is 0 Å². The van der Waals surface area contributed by atoms with Gasteiger partial charge in [-0.3, -0.25) is 0 Å². The van der Waals surface area contributed by atoms with Crippen LogP contribution in [0.1, 0.15) is 32.6 Å². The van der Waals surface area contributed by atoms with E-state index in [1.54, 1.807) is 0 Å². The summed E-state index contributed by atoms with van der Waals surface area (Å²) in [7, 11) is 0. The molecule has 0 saturated carbocycles. The normalized spacial score (nSPS) is 17.1. The fourth-order valence-electron chi connectivity index (χ4n) is 1.41. The summed E-state index contributed by atoms with van der Waals surface area (Å²) < 4.78 is 0. The van der Waals surface area contributed by atoms with Gasteiger partial charge in [0.05, 0.1) is 12.7 Å². The monoisotopic (exact) mass is 235 g/mol. The highest BCUT2D eigenvalue weighted by atomic mass is 16.4. The lowest BCUT2D eigenvalue weighted by molar-refractivity contribution is -0.0749. The van der Waals surface area contributed by atoms with E-state index in [4.69, 9.17) is 10.2 Å². The predicted octanol–water partition coefficient (Wildman–Crippen LogP) is -0.769. The summed E-state index contributed by atoms with van der Waals surface area (Å²) in [4.78, 5) is 0. The second kappa shape index (κ2) is 9.99. The van der Waals surface area contributed by atoms with Gasteiger partial charge in [-0.1, -0.05) is 26.2 Å². The molecule has 0 aliphatic rings. The first-order valence-electron chi connectivity index (χ1n) is 5.99. The molecule has 0 heterocycles. The van der Waals surface area contributed by atoms with E-state index in [0.29, 0.717) is 0 Å². The average Bonchev–Trinajstić information content (AvgIpc) is 2.31. The van der Waals surface area contributed by atoms with Crippen LogP contribution in [0.4, 0.5) is 0 Å². The second-order valence-electron chi connectivity index (χ2n) is 4.07.